The van der Waals surface area contributed by atoms with Crippen LogP contribution in [0.4, 0.5) is 0 Å². The van der Waals surface area contributed by atoms with Crippen LogP contribution >= 0.6 is 11.3 Å². The molecule has 0 spiro atoms. The molecule has 0 N–H and O–H groups in total. The van der Waals surface area contributed by atoms with Gasteiger partial charge in [-0.2, -0.15) is 5.26 Å². The smallest absolute Gasteiger partial charge is 0.227 e. The first-order valence-electron chi connectivity index (χ1n) is 8.26. The van der Waals surface area contributed by atoms with Crippen molar-refractivity contribution in [2.75, 3.05) is 26.2 Å². The van der Waals surface area contributed by atoms with Crippen LogP contribution in [0.3, 0.4) is 0 Å². The van der Waals surface area contributed by atoms with Gasteiger partial charge in [0.1, 0.15) is 0 Å². The Kier molecular flexibility index (Phi) is 5.63. The third kappa shape index (κ3) is 4.44. The molecule has 0 radical (unpaired) electrons. The van der Waals surface area contributed by atoms with Gasteiger partial charge in [-0.15, -0.1) is 11.3 Å². The van der Waals surface area contributed by atoms with Gasteiger partial charge in [-0.1, -0.05) is 18.2 Å². The Morgan fingerprint density at radius 3 is 2.67 bits per heavy atom. The summed E-state index contributed by atoms with van der Waals surface area (Å²) >= 11 is 1.64. The summed E-state index contributed by atoms with van der Waals surface area (Å²) in [4.78, 5) is 18.0. The Morgan fingerprint density at radius 2 is 1.96 bits per heavy atom. The fourth-order valence-electron chi connectivity index (χ4n) is 3.00. The number of nitriles is 1. The normalized spacial score (nSPS) is 15.7. The standard InChI is InChI=1S/C19H21N3OS/c20-14-16-4-6-17(7-5-16)15-21-8-2-9-22(11-10-21)19(23)13-18-3-1-12-24-18/h1,3-7,12H,2,8-11,13,15H2. The molecule has 124 valence electrons. The van der Waals surface area contributed by atoms with E-state index in [4.69, 9.17) is 5.26 Å². The van der Waals surface area contributed by atoms with Crippen molar-refractivity contribution in [1.29, 1.82) is 5.26 Å². The second-order valence-electron chi connectivity index (χ2n) is 6.08. The SMILES string of the molecule is N#Cc1ccc(CN2CCCN(C(=O)Cc3cccs3)CC2)cc1. The molecule has 0 bridgehead atoms. The molecule has 3 rings (SSSR count). The summed E-state index contributed by atoms with van der Waals surface area (Å²) < 4.78 is 0. The number of rotatable bonds is 4. The summed E-state index contributed by atoms with van der Waals surface area (Å²) in [5.41, 5.74) is 1.91. The molecule has 1 aliphatic heterocycles. The molecule has 1 fully saturated rings. The fraction of sp³-hybridized carbons (Fsp3) is 0.368. The fourth-order valence-corrected chi connectivity index (χ4v) is 3.69. The van der Waals surface area contributed by atoms with Crippen LogP contribution in [-0.2, 0) is 17.8 Å². The van der Waals surface area contributed by atoms with E-state index in [0.717, 1.165) is 44.0 Å². The third-order valence-corrected chi connectivity index (χ3v) is 5.21. The van der Waals surface area contributed by atoms with Gasteiger partial charge in [0.15, 0.2) is 0 Å². The van der Waals surface area contributed by atoms with Crippen molar-refractivity contribution in [1.82, 2.24) is 9.80 Å². The molecule has 1 saturated heterocycles. The molecule has 0 atom stereocenters. The van der Waals surface area contributed by atoms with E-state index in [1.54, 1.807) is 11.3 Å². The summed E-state index contributed by atoms with van der Waals surface area (Å²) in [5, 5.41) is 10.9. The Hall–Kier alpha value is -2.16. The van der Waals surface area contributed by atoms with E-state index >= 15 is 0 Å². The largest absolute Gasteiger partial charge is 0.341 e. The lowest BCUT2D eigenvalue weighted by Crippen LogP contribution is -2.35. The highest BCUT2D eigenvalue weighted by molar-refractivity contribution is 7.10. The Labute approximate surface area is 146 Å². The number of thiophene rings is 1. The van der Waals surface area contributed by atoms with Crippen molar-refractivity contribution in [3.8, 4) is 6.07 Å². The second-order valence-corrected chi connectivity index (χ2v) is 7.11. The molecule has 2 aromatic rings. The Bertz CT molecular complexity index is 703. The number of carbonyl (C=O) groups is 1. The molecule has 1 aromatic carbocycles. The van der Waals surface area contributed by atoms with Crippen LogP contribution in [0.1, 0.15) is 22.4 Å². The van der Waals surface area contributed by atoms with Gasteiger partial charge in [0.25, 0.3) is 0 Å². The van der Waals surface area contributed by atoms with Gasteiger partial charge in [-0.25, -0.2) is 0 Å². The summed E-state index contributed by atoms with van der Waals surface area (Å²) in [6.45, 7) is 4.41. The summed E-state index contributed by atoms with van der Waals surface area (Å²) in [5.74, 6) is 0.234. The molecule has 5 heteroatoms. The topological polar surface area (TPSA) is 47.3 Å². The highest BCUT2D eigenvalue weighted by atomic mass is 32.1. The number of benzene rings is 1. The maximum absolute atomic E-state index is 12.4. The van der Waals surface area contributed by atoms with Crippen LogP contribution in [0, 0.1) is 11.3 Å². The molecule has 0 saturated carbocycles. The zero-order valence-corrected chi connectivity index (χ0v) is 14.5. The van der Waals surface area contributed by atoms with Crippen molar-refractivity contribution in [3.63, 3.8) is 0 Å². The minimum atomic E-state index is 0.234. The average Bonchev–Trinajstić information content (AvgIpc) is 3.00. The average molecular weight is 339 g/mol. The molecule has 1 amide bonds. The van der Waals surface area contributed by atoms with E-state index in [2.05, 4.69) is 11.0 Å². The number of hydrogen-bond donors (Lipinski definition) is 0. The predicted octanol–water partition coefficient (Wildman–Crippen LogP) is 2.90. The van der Waals surface area contributed by atoms with Gasteiger partial charge >= 0.3 is 0 Å². The number of nitrogens with zero attached hydrogens (tertiary/aromatic N) is 3. The second kappa shape index (κ2) is 8.09. The lowest BCUT2D eigenvalue weighted by atomic mass is 10.1. The van der Waals surface area contributed by atoms with E-state index in [-0.39, 0.29) is 5.91 Å². The third-order valence-electron chi connectivity index (χ3n) is 4.34. The van der Waals surface area contributed by atoms with Gasteiger partial charge in [0, 0.05) is 37.6 Å². The molecule has 1 aromatic heterocycles. The van der Waals surface area contributed by atoms with Crippen molar-refractivity contribution in [3.05, 3.63) is 57.8 Å². The molecule has 24 heavy (non-hydrogen) atoms. The minimum absolute atomic E-state index is 0.234. The Balaban J connectivity index is 1.52. The van der Waals surface area contributed by atoms with Crippen LogP contribution in [0.15, 0.2) is 41.8 Å². The zero-order chi connectivity index (χ0) is 16.8. The van der Waals surface area contributed by atoms with Crippen LogP contribution in [0.2, 0.25) is 0 Å². The van der Waals surface area contributed by atoms with E-state index in [1.807, 2.05) is 46.7 Å². The maximum atomic E-state index is 12.4. The van der Waals surface area contributed by atoms with E-state index in [1.165, 1.54) is 5.56 Å². The molecule has 1 aliphatic rings. The predicted molar refractivity (Wildman–Crippen MR) is 95.7 cm³/mol. The van der Waals surface area contributed by atoms with Crippen molar-refractivity contribution in [2.24, 2.45) is 0 Å². The van der Waals surface area contributed by atoms with E-state index in [0.29, 0.717) is 12.0 Å². The number of hydrogen-bond acceptors (Lipinski definition) is 4. The molecule has 0 aliphatic carbocycles. The van der Waals surface area contributed by atoms with Gasteiger partial charge in [0.2, 0.25) is 5.91 Å². The van der Waals surface area contributed by atoms with Crippen LogP contribution in [0.25, 0.3) is 0 Å². The van der Waals surface area contributed by atoms with Crippen molar-refractivity contribution >= 4 is 17.2 Å². The minimum Gasteiger partial charge on any atom is -0.341 e. The van der Waals surface area contributed by atoms with Crippen molar-refractivity contribution in [2.45, 2.75) is 19.4 Å². The van der Waals surface area contributed by atoms with Crippen molar-refractivity contribution < 1.29 is 4.79 Å². The van der Waals surface area contributed by atoms with E-state index < -0.39 is 0 Å². The molecular formula is C19H21N3OS. The first-order chi connectivity index (χ1) is 11.7. The summed E-state index contributed by atoms with van der Waals surface area (Å²) in [7, 11) is 0. The maximum Gasteiger partial charge on any atom is 0.227 e. The highest BCUT2D eigenvalue weighted by Crippen LogP contribution is 2.14. The first-order valence-corrected chi connectivity index (χ1v) is 9.14. The van der Waals surface area contributed by atoms with Crippen LogP contribution in [0.5, 0.6) is 0 Å². The monoisotopic (exact) mass is 339 g/mol. The molecule has 4 nitrogen and oxygen atoms in total. The Morgan fingerprint density at radius 1 is 1.12 bits per heavy atom. The summed E-state index contributed by atoms with van der Waals surface area (Å²) in [6, 6.07) is 13.9. The van der Waals surface area contributed by atoms with Crippen LogP contribution < -0.4 is 0 Å². The quantitative estimate of drug-likeness (QED) is 0.860. The van der Waals surface area contributed by atoms with E-state index in [9.17, 15) is 4.79 Å². The first kappa shape index (κ1) is 16.7. The van der Waals surface area contributed by atoms with Gasteiger partial charge in [-0.05, 0) is 35.6 Å². The zero-order valence-electron chi connectivity index (χ0n) is 13.6. The number of amides is 1. The van der Waals surface area contributed by atoms with Gasteiger partial charge < -0.3 is 4.90 Å². The molecule has 2 heterocycles. The lowest BCUT2D eigenvalue weighted by molar-refractivity contribution is -0.130. The van der Waals surface area contributed by atoms with Crippen LogP contribution in [-0.4, -0.2) is 41.9 Å². The number of carbonyl (C=O) groups excluding carboxylic acids is 1. The highest BCUT2D eigenvalue weighted by Gasteiger charge is 2.19. The van der Waals surface area contributed by atoms with Gasteiger partial charge in [-0.3, -0.25) is 9.69 Å². The summed E-state index contributed by atoms with van der Waals surface area (Å²) in [6.07, 6.45) is 1.53. The van der Waals surface area contributed by atoms with Gasteiger partial charge in [0.05, 0.1) is 18.1 Å². The lowest BCUT2D eigenvalue weighted by Gasteiger charge is -2.22. The molecular weight excluding hydrogens is 318 g/mol. The molecule has 0 unspecified atom stereocenters.